The molecule has 1 aromatic heterocycles. The van der Waals surface area contributed by atoms with Crippen molar-refractivity contribution >= 4 is 27.9 Å². The second-order valence-electron chi connectivity index (χ2n) is 5.36. The summed E-state index contributed by atoms with van der Waals surface area (Å²) in [7, 11) is 1.65. The molecule has 1 aromatic rings. The van der Waals surface area contributed by atoms with Crippen molar-refractivity contribution in [3.63, 3.8) is 0 Å². The number of pyridine rings is 1. The minimum Gasteiger partial charge on any atom is -0.494 e. The molecule has 0 radical (unpaired) electrons. The fourth-order valence-electron chi connectivity index (χ4n) is 1.73. The highest BCUT2D eigenvalue weighted by Crippen LogP contribution is 2.35. The number of aromatic nitrogens is 1. The molecule has 0 N–H and O–H groups in total. The van der Waals surface area contributed by atoms with Crippen LogP contribution >= 0.6 is 27.9 Å². The maximum Gasteiger partial charge on any atom is 0.151 e. The summed E-state index contributed by atoms with van der Waals surface area (Å²) in [4.78, 5) is 4.50. The number of halogens is 1. The number of rotatable bonds is 5. The number of ether oxygens (including phenoxy) is 1. The molecule has 0 aliphatic rings. The van der Waals surface area contributed by atoms with Crippen molar-refractivity contribution in [1.82, 2.24) is 9.29 Å². The van der Waals surface area contributed by atoms with Gasteiger partial charge in [0.15, 0.2) is 5.75 Å². The topological polar surface area (TPSA) is 25.4 Å². The Morgan fingerprint density at radius 2 is 2.11 bits per heavy atom. The molecule has 0 aromatic carbocycles. The van der Waals surface area contributed by atoms with Crippen molar-refractivity contribution in [2.75, 3.05) is 13.7 Å². The molecule has 0 saturated heterocycles. The lowest BCUT2D eigenvalue weighted by Crippen LogP contribution is -2.26. The fourth-order valence-corrected chi connectivity index (χ4v) is 3.33. The van der Waals surface area contributed by atoms with Crippen LogP contribution in [0.5, 0.6) is 5.75 Å². The fraction of sp³-hybridized carbons (Fsp3) is 0.643. The summed E-state index contributed by atoms with van der Waals surface area (Å²) in [5.74, 6) is 0.766. The predicted octanol–water partition coefficient (Wildman–Crippen LogP) is 4.68. The quantitative estimate of drug-likeness (QED) is 0.722. The lowest BCUT2D eigenvalue weighted by atomic mass is 10.2. The number of hydrogen-bond donors (Lipinski definition) is 0. The second kappa shape index (κ2) is 6.95. The largest absolute Gasteiger partial charge is 0.494 e. The molecule has 3 nitrogen and oxygen atoms in total. The molecule has 19 heavy (non-hydrogen) atoms. The third-order valence-corrected chi connectivity index (χ3v) is 4.60. The van der Waals surface area contributed by atoms with Crippen molar-refractivity contribution in [1.29, 1.82) is 0 Å². The van der Waals surface area contributed by atoms with E-state index in [9.17, 15) is 0 Å². The van der Waals surface area contributed by atoms with Gasteiger partial charge in [-0.1, -0.05) is 18.9 Å². The van der Waals surface area contributed by atoms with E-state index >= 15 is 0 Å². The van der Waals surface area contributed by atoms with E-state index in [1.54, 1.807) is 13.3 Å². The van der Waals surface area contributed by atoms with Gasteiger partial charge < -0.3 is 4.74 Å². The van der Waals surface area contributed by atoms with Crippen LogP contribution in [0.2, 0.25) is 0 Å². The Morgan fingerprint density at radius 3 is 2.53 bits per heavy atom. The van der Waals surface area contributed by atoms with Gasteiger partial charge in [0.2, 0.25) is 0 Å². The molecule has 5 heteroatoms. The Morgan fingerprint density at radius 1 is 1.47 bits per heavy atom. The summed E-state index contributed by atoms with van der Waals surface area (Å²) < 4.78 is 8.73. The summed E-state index contributed by atoms with van der Waals surface area (Å²) in [5, 5.41) is 0. The molecule has 1 heterocycles. The Balaban J connectivity index is 2.91. The monoisotopic (exact) mass is 346 g/mol. The minimum atomic E-state index is 0.202. The van der Waals surface area contributed by atoms with Crippen LogP contribution in [0.3, 0.4) is 0 Å². The first-order valence-electron chi connectivity index (χ1n) is 6.43. The van der Waals surface area contributed by atoms with Gasteiger partial charge in [-0.25, -0.2) is 4.31 Å². The lowest BCUT2D eigenvalue weighted by Gasteiger charge is -2.32. The van der Waals surface area contributed by atoms with Crippen LogP contribution in [0, 0.1) is 0 Å². The Labute approximate surface area is 129 Å². The van der Waals surface area contributed by atoms with Gasteiger partial charge in [0.05, 0.1) is 29.5 Å². The predicted molar refractivity (Wildman–Crippen MR) is 86.6 cm³/mol. The lowest BCUT2D eigenvalue weighted by molar-refractivity contribution is 0.383. The average molecular weight is 347 g/mol. The van der Waals surface area contributed by atoms with Crippen molar-refractivity contribution in [2.24, 2.45) is 0 Å². The first-order chi connectivity index (χ1) is 8.78. The molecular formula is C14H23BrN2OS. The third kappa shape index (κ3) is 4.97. The number of nitrogens with zero attached hydrogens (tertiary/aromatic N) is 2. The highest BCUT2D eigenvalue weighted by atomic mass is 79.9. The van der Waals surface area contributed by atoms with Crippen LogP contribution in [0.25, 0.3) is 0 Å². The SMILES string of the molecule is CCN(SC(C)(C)C)[C@H](C)c1cc(Br)c(OC)cn1. The van der Waals surface area contributed by atoms with E-state index in [4.69, 9.17) is 4.74 Å². The number of hydrogen-bond acceptors (Lipinski definition) is 4. The Kier molecular flexibility index (Phi) is 6.15. The van der Waals surface area contributed by atoms with Gasteiger partial charge in [-0.3, -0.25) is 4.98 Å². The molecule has 0 saturated carbocycles. The molecule has 1 atom stereocenters. The standard InChI is InChI=1S/C14H23BrN2OS/c1-7-17(19-14(3,4)5)10(2)12-8-11(15)13(18-6)9-16-12/h8-10H,7H2,1-6H3/t10-/m1/s1. The van der Waals surface area contributed by atoms with Gasteiger partial charge in [-0.15, -0.1) is 0 Å². The zero-order chi connectivity index (χ0) is 14.6. The van der Waals surface area contributed by atoms with Crippen LogP contribution in [-0.2, 0) is 0 Å². The van der Waals surface area contributed by atoms with Crippen LogP contribution < -0.4 is 4.74 Å². The molecule has 0 unspecified atom stereocenters. The van der Waals surface area contributed by atoms with Crippen LogP contribution in [0.15, 0.2) is 16.7 Å². The molecule has 0 aliphatic heterocycles. The molecular weight excluding hydrogens is 324 g/mol. The minimum absolute atomic E-state index is 0.202. The molecule has 0 fully saturated rings. The van der Waals surface area contributed by atoms with Gasteiger partial charge >= 0.3 is 0 Å². The first-order valence-corrected chi connectivity index (χ1v) is 8.00. The van der Waals surface area contributed by atoms with Crippen LogP contribution in [-0.4, -0.2) is 27.7 Å². The van der Waals surface area contributed by atoms with E-state index in [-0.39, 0.29) is 10.8 Å². The molecule has 1 rings (SSSR count). The van der Waals surface area contributed by atoms with Crippen molar-refractivity contribution in [3.8, 4) is 5.75 Å². The van der Waals surface area contributed by atoms with E-state index in [0.717, 1.165) is 22.5 Å². The van der Waals surface area contributed by atoms with Crippen molar-refractivity contribution in [3.05, 3.63) is 22.4 Å². The maximum absolute atomic E-state index is 5.22. The third-order valence-electron chi connectivity index (χ3n) is 2.62. The van der Waals surface area contributed by atoms with Gasteiger partial charge in [0.25, 0.3) is 0 Å². The molecule has 0 bridgehead atoms. The normalized spacial score (nSPS) is 13.7. The van der Waals surface area contributed by atoms with Gasteiger partial charge in [-0.05, 0) is 49.7 Å². The maximum atomic E-state index is 5.22. The van der Waals surface area contributed by atoms with E-state index in [1.807, 2.05) is 18.0 Å². The van der Waals surface area contributed by atoms with E-state index in [2.05, 4.69) is 59.8 Å². The van der Waals surface area contributed by atoms with E-state index in [1.165, 1.54) is 0 Å². The summed E-state index contributed by atoms with van der Waals surface area (Å²) in [6.07, 6.45) is 1.77. The first kappa shape index (κ1) is 16.8. The number of methoxy groups -OCH3 is 1. The molecule has 0 amide bonds. The summed E-state index contributed by atoms with van der Waals surface area (Å²) >= 11 is 5.39. The zero-order valence-electron chi connectivity index (χ0n) is 12.5. The van der Waals surface area contributed by atoms with E-state index in [0.29, 0.717) is 0 Å². The van der Waals surface area contributed by atoms with E-state index < -0.39 is 0 Å². The average Bonchev–Trinajstić information content (AvgIpc) is 2.34. The highest BCUT2D eigenvalue weighted by Gasteiger charge is 2.23. The van der Waals surface area contributed by atoms with Crippen molar-refractivity contribution < 1.29 is 4.74 Å². The summed E-state index contributed by atoms with van der Waals surface area (Å²) in [6, 6.07) is 2.30. The Hall–Kier alpha value is -0.260. The van der Waals surface area contributed by atoms with Gasteiger partial charge in [-0.2, -0.15) is 0 Å². The summed E-state index contributed by atoms with van der Waals surface area (Å²) in [5.41, 5.74) is 1.05. The highest BCUT2D eigenvalue weighted by molar-refractivity contribution is 9.10. The van der Waals surface area contributed by atoms with Crippen LogP contribution in [0.1, 0.15) is 46.4 Å². The molecule has 0 aliphatic carbocycles. The Bertz CT molecular complexity index is 420. The zero-order valence-corrected chi connectivity index (χ0v) is 14.9. The molecule has 108 valence electrons. The molecule has 0 spiro atoms. The van der Waals surface area contributed by atoms with Crippen LogP contribution in [0.4, 0.5) is 0 Å². The summed E-state index contributed by atoms with van der Waals surface area (Å²) in [6.45, 7) is 12.0. The van der Waals surface area contributed by atoms with Gasteiger partial charge in [0, 0.05) is 11.3 Å². The second-order valence-corrected chi connectivity index (χ2v) is 8.09. The smallest absolute Gasteiger partial charge is 0.151 e. The van der Waals surface area contributed by atoms with Gasteiger partial charge in [0.1, 0.15) is 0 Å². The van der Waals surface area contributed by atoms with Crippen molar-refractivity contribution in [2.45, 2.75) is 45.4 Å².